The summed E-state index contributed by atoms with van der Waals surface area (Å²) in [7, 11) is 0. The molecule has 0 rings (SSSR count). The summed E-state index contributed by atoms with van der Waals surface area (Å²) in [5, 5.41) is 64.1. The third-order valence-electron chi connectivity index (χ3n) is 1.64. The van der Waals surface area contributed by atoms with Gasteiger partial charge in [0.25, 0.3) is 0 Å². The molecule has 0 aromatic heterocycles. The van der Waals surface area contributed by atoms with E-state index in [0.29, 0.717) is 0 Å². The molecule has 0 amide bonds. The smallest absolute Gasteiger partial charge is 0.770 e. The molecule has 18 heteroatoms. The normalized spacial score (nSPS) is 10.1. The van der Waals surface area contributed by atoms with Crippen LogP contribution in [0, 0.1) is 90.6 Å². The van der Waals surface area contributed by atoms with Crippen molar-refractivity contribution in [1.82, 2.24) is 0 Å². The Kier molecular flexibility index (Phi) is 40.8. The number of rotatable bonds is 0. The zero-order valence-electron chi connectivity index (χ0n) is 15.6. The molecule has 0 radical (unpaired) electrons. The predicted octanol–water partition coefficient (Wildman–Crippen LogP) is 1.35. The molecule has 0 aliphatic carbocycles. The SMILES string of the molecule is N#CC([S-])=C([S-])C#N.N#CC([S-])=C([S-])C#N.N#CC([S-])=C([S-])C#N.N#CC([S-])=C([S-])C#N.[Fe+2].[Fe+2]. The van der Waals surface area contributed by atoms with Crippen LogP contribution in [0.25, 0.3) is 0 Å². The van der Waals surface area contributed by atoms with E-state index in [-0.39, 0.29) is 73.4 Å². The van der Waals surface area contributed by atoms with Crippen molar-refractivity contribution in [3.63, 3.8) is 0 Å². The average molecular weight is 672 g/mol. The van der Waals surface area contributed by atoms with Crippen LogP contribution in [0.2, 0.25) is 0 Å². The van der Waals surface area contributed by atoms with Crippen molar-refractivity contribution >= 4 is 101 Å². The minimum absolute atomic E-state index is 0. The van der Waals surface area contributed by atoms with E-state index in [9.17, 15) is 0 Å². The van der Waals surface area contributed by atoms with Crippen molar-refractivity contribution in [3.05, 3.63) is 39.2 Å². The second kappa shape index (κ2) is 30.7. The third-order valence-corrected chi connectivity index (χ3v) is 4.52. The van der Waals surface area contributed by atoms with Gasteiger partial charge in [-0.05, 0) is 0 Å². The Bertz CT molecular complexity index is 879. The number of nitriles is 8. The zero-order valence-corrected chi connectivity index (χ0v) is 24.3. The second-order valence-electron chi connectivity index (χ2n) is 3.53. The number of hydrogen-bond acceptors (Lipinski definition) is 16. The second-order valence-corrected chi connectivity index (χ2v) is 6.79. The molecular formula is C16Fe2N8S8-4. The fraction of sp³-hybridized carbons (Fsp3) is 0. The fourth-order valence-corrected chi connectivity index (χ4v) is 0.771. The van der Waals surface area contributed by atoms with E-state index in [4.69, 9.17) is 42.1 Å². The van der Waals surface area contributed by atoms with Crippen molar-refractivity contribution in [2.75, 3.05) is 0 Å². The molecule has 0 N–H and O–H groups in total. The maximum absolute atomic E-state index is 8.01. The topological polar surface area (TPSA) is 190 Å². The van der Waals surface area contributed by atoms with Crippen molar-refractivity contribution in [2.45, 2.75) is 0 Å². The fourth-order valence-electron chi connectivity index (χ4n) is 0.406. The first-order valence-corrected chi connectivity index (χ1v) is 9.69. The molecule has 172 valence electrons. The molecule has 0 aliphatic rings. The van der Waals surface area contributed by atoms with E-state index in [1.54, 1.807) is 48.6 Å². The molecular weight excluding hydrogens is 672 g/mol. The van der Waals surface area contributed by atoms with Crippen LogP contribution < -0.4 is 0 Å². The zero-order chi connectivity index (χ0) is 26.3. The summed E-state index contributed by atoms with van der Waals surface area (Å²) in [5.74, 6) is 0. The van der Waals surface area contributed by atoms with Gasteiger partial charge in [-0.25, -0.2) is 0 Å². The Balaban J connectivity index is -0.0000000754. The van der Waals surface area contributed by atoms with Gasteiger partial charge in [-0.1, -0.05) is 0 Å². The summed E-state index contributed by atoms with van der Waals surface area (Å²) in [6.07, 6.45) is 0. The van der Waals surface area contributed by atoms with E-state index in [1.807, 2.05) is 0 Å². The van der Waals surface area contributed by atoms with Gasteiger partial charge in [-0.15, -0.1) is 39.2 Å². The van der Waals surface area contributed by atoms with Crippen LogP contribution >= 0.6 is 0 Å². The van der Waals surface area contributed by atoms with E-state index in [1.165, 1.54) is 0 Å². The van der Waals surface area contributed by atoms with Crippen LogP contribution in [0.15, 0.2) is 39.2 Å². The first-order valence-electron chi connectivity index (χ1n) is 6.42. The Morgan fingerprint density at radius 3 is 0.353 bits per heavy atom. The molecule has 0 fully saturated rings. The Morgan fingerprint density at radius 2 is 0.324 bits per heavy atom. The summed E-state index contributed by atoms with van der Waals surface area (Å²) in [5.41, 5.74) is 0. The first kappa shape index (κ1) is 45.2. The predicted molar refractivity (Wildman–Crippen MR) is 132 cm³/mol. The first-order chi connectivity index (χ1) is 14.9. The molecule has 0 saturated heterocycles. The third kappa shape index (κ3) is 27.7. The van der Waals surface area contributed by atoms with Gasteiger partial charge in [0.2, 0.25) is 0 Å². The van der Waals surface area contributed by atoms with Gasteiger partial charge in [-0.2, -0.15) is 42.1 Å². The Hall–Kier alpha value is -2.32. The summed E-state index contributed by atoms with van der Waals surface area (Å²) < 4.78 is 0. The summed E-state index contributed by atoms with van der Waals surface area (Å²) in [6, 6.07) is 12.7. The van der Waals surface area contributed by atoms with E-state index >= 15 is 0 Å². The maximum atomic E-state index is 8.01. The van der Waals surface area contributed by atoms with Gasteiger partial charge >= 0.3 is 34.1 Å². The molecule has 0 heterocycles. The van der Waals surface area contributed by atoms with Crippen LogP contribution in [-0.4, -0.2) is 0 Å². The largest absolute Gasteiger partial charge is 2.00 e. The Morgan fingerprint density at radius 1 is 0.265 bits per heavy atom. The van der Waals surface area contributed by atoms with Gasteiger partial charge < -0.3 is 101 Å². The molecule has 0 aliphatic heterocycles. The van der Waals surface area contributed by atoms with E-state index in [0.717, 1.165) is 0 Å². The van der Waals surface area contributed by atoms with Gasteiger partial charge in [-0.3, -0.25) is 0 Å². The summed E-state index contributed by atoms with van der Waals surface area (Å²) >= 11 is 34.8. The summed E-state index contributed by atoms with van der Waals surface area (Å²) in [6.45, 7) is 0. The van der Waals surface area contributed by atoms with Crippen LogP contribution in [0.5, 0.6) is 0 Å². The standard InChI is InChI=1S/4C4H2N2S2.2Fe/c4*5-1-3(7)4(8)2-6;;/h4*7-8H;;/q;;;;2*+2/p-8. The minimum Gasteiger partial charge on any atom is -0.770 e. The molecule has 0 unspecified atom stereocenters. The van der Waals surface area contributed by atoms with Crippen LogP contribution in [0.4, 0.5) is 0 Å². The van der Waals surface area contributed by atoms with Crippen molar-refractivity contribution in [1.29, 1.82) is 42.1 Å². The number of hydrogen-bond donors (Lipinski definition) is 0. The number of nitrogens with zero attached hydrogens (tertiary/aromatic N) is 8. The van der Waals surface area contributed by atoms with Gasteiger partial charge in [0.1, 0.15) is 0 Å². The van der Waals surface area contributed by atoms with Crippen molar-refractivity contribution < 1.29 is 34.1 Å². The van der Waals surface area contributed by atoms with Gasteiger partial charge in [0.05, 0.1) is 48.6 Å². The Labute approximate surface area is 262 Å². The van der Waals surface area contributed by atoms with Crippen molar-refractivity contribution in [3.8, 4) is 48.6 Å². The van der Waals surface area contributed by atoms with Crippen molar-refractivity contribution in [2.24, 2.45) is 0 Å². The molecule has 0 spiro atoms. The molecule has 0 atom stereocenters. The van der Waals surface area contributed by atoms with Crippen LogP contribution in [0.1, 0.15) is 0 Å². The molecule has 0 aromatic carbocycles. The molecule has 34 heavy (non-hydrogen) atoms. The number of allylic oxidation sites excluding steroid dienone is 8. The monoisotopic (exact) mass is 672 g/mol. The molecule has 8 nitrogen and oxygen atoms in total. The summed E-state index contributed by atoms with van der Waals surface area (Å²) in [4.78, 5) is -0.870. The van der Waals surface area contributed by atoms with Gasteiger partial charge in [0.15, 0.2) is 0 Å². The minimum atomic E-state index is -0.109. The molecule has 0 aromatic rings. The molecule has 0 saturated carbocycles. The van der Waals surface area contributed by atoms with Crippen LogP contribution in [-0.2, 0) is 135 Å². The van der Waals surface area contributed by atoms with Crippen LogP contribution in [0.3, 0.4) is 0 Å². The maximum Gasteiger partial charge on any atom is 2.00 e. The average Bonchev–Trinajstić information content (AvgIpc) is 2.85. The van der Waals surface area contributed by atoms with E-state index in [2.05, 4.69) is 101 Å². The van der Waals surface area contributed by atoms with E-state index < -0.39 is 0 Å². The molecule has 0 bridgehead atoms. The quantitative estimate of drug-likeness (QED) is 0.203. The van der Waals surface area contributed by atoms with Gasteiger partial charge in [0, 0.05) is 0 Å².